The fraction of sp³-hybridized carbons (Fsp3) is 0. The Morgan fingerprint density at radius 2 is 0.780 bits per heavy atom. The zero-order chi connectivity index (χ0) is 32.8. The van der Waals surface area contributed by atoms with Gasteiger partial charge in [-0.1, -0.05) is 146 Å². The van der Waals surface area contributed by atoms with Crippen LogP contribution in [0.3, 0.4) is 0 Å². The van der Waals surface area contributed by atoms with Gasteiger partial charge in [-0.05, 0) is 79.0 Å². The fourth-order valence-corrected chi connectivity index (χ4v) is 8.31. The average molecular weight is 637 g/mol. The largest absolute Gasteiger partial charge is 0.456 e. The van der Waals surface area contributed by atoms with E-state index in [1.54, 1.807) is 0 Å². The van der Waals surface area contributed by atoms with E-state index in [-0.39, 0.29) is 0 Å². The van der Waals surface area contributed by atoms with Crippen molar-refractivity contribution in [2.75, 3.05) is 0 Å². The number of para-hydroxylation sites is 2. The first kappa shape index (κ1) is 27.3. The lowest BCUT2D eigenvalue weighted by atomic mass is 9.85. The molecule has 2 heteroatoms. The second-order valence-electron chi connectivity index (χ2n) is 13.1. The molecular formula is C48H28O2. The van der Waals surface area contributed by atoms with Gasteiger partial charge < -0.3 is 8.83 Å². The standard InChI is InChI=1S/C48H28O2/c1-2-12-30(13-3-1)43-33-14-4-6-16-35(33)44(36-17-7-5-15-34(36)43)31-24-22-29(23-25-31)39-28-32-26-27-42-46(37-18-8-10-20-40(37)49-42)45(32)47-38-19-9-11-21-41(38)50-48(39)47/h1-28H. The summed E-state index contributed by atoms with van der Waals surface area (Å²) >= 11 is 0. The van der Waals surface area contributed by atoms with E-state index >= 15 is 0 Å². The highest BCUT2D eigenvalue weighted by atomic mass is 16.3. The van der Waals surface area contributed by atoms with E-state index in [9.17, 15) is 0 Å². The maximum atomic E-state index is 6.74. The van der Waals surface area contributed by atoms with E-state index in [1.807, 2.05) is 18.2 Å². The molecule has 11 rings (SSSR count). The average Bonchev–Trinajstić information content (AvgIpc) is 3.76. The van der Waals surface area contributed by atoms with Gasteiger partial charge in [-0.25, -0.2) is 0 Å². The van der Waals surface area contributed by atoms with Crippen LogP contribution in [0, 0.1) is 0 Å². The molecule has 0 N–H and O–H groups in total. The predicted molar refractivity (Wildman–Crippen MR) is 210 cm³/mol. The third-order valence-corrected chi connectivity index (χ3v) is 10.4. The first-order chi connectivity index (χ1) is 24.8. The molecule has 232 valence electrons. The molecule has 2 nitrogen and oxygen atoms in total. The van der Waals surface area contributed by atoms with E-state index in [1.165, 1.54) is 49.2 Å². The molecule has 2 aromatic heterocycles. The molecule has 0 bridgehead atoms. The maximum Gasteiger partial charge on any atom is 0.143 e. The Hall–Kier alpha value is -6.64. The SMILES string of the molecule is c1ccc(-c2c3ccccc3c(-c3ccc(-c4cc5ccc6oc7ccccc7c6c5c5c4oc4ccccc45)cc3)c3ccccc23)cc1. The lowest BCUT2D eigenvalue weighted by molar-refractivity contribution is 0.669. The van der Waals surface area contributed by atoms with Gasteiger partial charge in [0.1, 0.15) is 22.3 Å². The molecule has 0 saturated heterocycles. The molecule has 11 aromatic rings. The van der Waals surface area contributed by atoms with Crippen LogP contribution in [-0.2, 0) is 0 Å². The van der Waals surface area contributed by atoms with Crippen LogP contribution in [0.15, 0.2) is 179 Å². The molecule has 0 aliphatic heterocycles. The summed E-state index contributed by atoms with van der Waals surface area (Å²) in [5.41, 5.74) is 10.7. The van der Waals surface area contributed by atoms with Crippen molar-refractivity contribution in [1.82, 2.24) is 0 Å². The van der Waals surface area contributed by atoms with E-state index in [0.29, 0.717) is 0 Å². The van der Waals surface area contributed by atoms with Gasteiger partial charge in [0.25, 0.3) is 0 Å². The van der Waals surface area contributed by atoms with Crippen molar-refractivity contribution in [3.63, 3.8) is 0 Å². The minimum absolute atomic E-state index is 0.883. The number of furan rings is 2. The summed E-state index contributed by atoms with van der Waals surface area (Å²) < 4.78 is 13.1. The summed E-state index contributed by atoms with van der Waals surface area (Å²) in [7, 11) is 0. The van der Waals surface area contributed by atoms with Crippen molar-refractivity contribution in [3.8, 4) is 33.4 Å². The second kappa shape index (κ2) is 10.4. The molecule has 9 aromatic carbocycles. The third-order valence-electron chi connectivity index (χ3n) is 10.4. The molecule has 0 aliphatic rings. The highest BCUT2D eigenvalue weighted by molar-refractivity contribution is 6.32. The fourth-order valence-electron chi connectivity index (χ4n) is 8.31. The van der Waals surface area contributed by atoms with Crippen molar-refractivity contribution >= 4 is 76.2 Å². The highest BCUT2D eigenvalue weighted by Crippen LogP contribution is 2.47. The van der Waals surface area contributed by atoms with E-state index < -0.39 is 0 Å². The van der Waals surface area contributed by atoms with Gasteiger partial charge in [-0.2, -0.15) is 0 Å². The Kier molecular flexibility index (Phi) is 5.70. The summed E-state index contributed by atoms with van der Waals surface area (Å²) in [6.45, 7) is 0. The summed E-state index contributed by atoms with van der Waals surface area (Å²) in [5, 5.41) is 11.8. The van der Waals surface area contributed by atoms with Gasteiger partial charge in [0.2, 0.25) is 0 Å². The van der Waals surface area contributed by atoms with Crippen molar-refractivity contribution in [3.05, 3.63) is 170 Å². The van der Waals surface area contributed by atoms with E-state index in [2.05, 4.69) is 152 Å². The molecule has 50 heavy (non-hydrogen) atoms. The van der Waals surface area contributed by atoms with Crippen LogP contribution in [0.25, 0.3) is 110 Å². The van der Waals surface area contributed by atoms with Gasteiger partial charge >= 0.3 is 0 Å². The summed E-state index contributed by atoms with van der Waals surface area (Å²) in [5.74, 6) is 0. The van der Waals surface area contributed by atoms with Crippen molar-refractivity contribution < 1.29 is 8.83 Å². The topological polar surface area (TPSA) is 26.3 Å². The predicted octanol–water partition coefficient (Wildman–Crippen LogP) is 13.9. The molecule has 0 spiro atoms. The molecule has 0 aliphatic carbocycles. The van der Waals surface area contributed by atoms with Crippen molar-refractivity contribution in [2.45, 2.75) is 0 Å². The van der Waals surface area contributed by atoms with E-state index in [0.717, 1.165) is 60.4 Å². The zero-order valence-corrected chi connectivity index (χ0v) is 27.0. The normalized spacial score (nSPS) is 12.0. The highest BCUT2D eigenvalue weighted by Gasteiger charge is 2.21. The Bertz CT molecular complexity index is 3070. The minimum Gasteiger partial charge on any atom is -0.456 e. The quantitative estimate of drug-likeness (QED) is 0.180. The molecule has 0 fully saturated rings. The monoisotopic (exact) mass is 636 g/mol. The Balaban J connectivity index is 1.16. The van der Waals surface area contributed by atoms with Gasteiger partial charge in [-0.3, -0.25) is 0 Å². The van der Waals surface area contributed by atoms with Crippen LogP contribution in [0.4, 0.5) is 0 Å². The molecule has 2 heterocycles. The van der Waals surface area contributed by atoms with Crippen LogP contribution in [0.5, 0.6) is 0 Å². The number of hydrogen-bond acceptors (Lipinski definition) is 2. The van der Waals surface area contributed by atoms with Gasteiger partial charge in [0, 0.05) is 32.5 Å². The second-order valence-corrected chi connectivity index (χ2v) is 13.1. The number of benzene rings is 9. The molecule has 0 radical (unpaired) electrons. The van der Waals surface area contributed by atoms with Crippen LogP contribution in [-0.4, -0.2) is 0 Å². The van der Waals surface area contributed by atoms with Crippen molar-refractivity contribution in [1.29, 1.82) is 0 Å². The smallest absolute Gasteiger partial charge is 0.143 e. The molecule has 0 atom stereocenters. The molecular weight excluding hydrogens is 609 g/mol. The summed E-state index contributed by atoms with van der Waals surface area (Å²) in [6.07, 6.45) is 0. The molecule has 0 unspecified atom stereocenters. The minimum atomic E-state index is 0.883. The molecule has 0 amide bonds. The summed E-state index contributed by atoms with van der Waals surface area (Å²) in [4.78, 5) is 0. The lowest BCUT2D eigenvalue weighted by Gasteiger charge is -2.18. The number of fused-ring (bicyclic) bond motifs is 11. The van der Waals surface area contributed by atoms with Gasteiger partial charge in [-0.15, -0.1) is 0 Å². The Labute approximate surface area is 287 Å². The van der Waals surface area contributed by atoms with Crippen LogP contribution >= 0.6 is 0 Å². The first-order valence-electron chi connectivity index (χ1n) is 17.1. The Morgan fingerprint density at radius 3 is 1.40 bits per heavy atom. The van der Waals surface area contributed by atoms with Crippen molar-refractivity contribution in [2.24, 2.45) is 0 Å². The van der Waals surface area contributed by atoms with E-state index in [4.69, 9.17) is 8.83 Å². The van der Waals surface area contributed by atoms with Crippen LogP contribution in [0.1, 0.15) is 0 Å². The van der Waals surface area contributed by atoms with Crippen LogP contribution in [0.2, 0.25) is 0 Å². The number of rotatable bonds is 3. The van der Waals surface area contributed by atoms with Crippen LogP contribution < -0.4 is 0 Å². The van der Waals surface area contributed by atoms with Gasteiger partial charge in [0.15, 0.2) is 0 Å². The summed E-state index contributed by atoms with van der Waals surface area (Å²) in [6, 6.07) is 60.7. The number of hydrogen-bond donors (Lipinski definition) is 0. The first-order valence-corrected chi connectivity index (χ1v) is 17.1. The third kappa shape index (κ3) is 3.85. The zero-order valence-electron chi connectivity index (χ0n) is 27.0. The van der Waals surface area contributed by atoms with Gasteiger partial charge in [0.05, 0.1) is 0 Å². The Morgan fingerprint density at radius 1 is 0.300 bits per heavy atom. The lowest BCUT2D eigenvalue weighted by Crippen LogP contribution is -1.91. The maximum absolute atomic E-state index is 6.74. The molecule has 0 saturated carbocycles.